The maximum atomic E-state index is 12.3. The summed E-state index contributed by atoms with van der Waals surface area (Å²) in [4.78, 5) is 13.9. The minimum Gasteiger partial charge on any atom is -0.393 e. The number of carbonyl (C=O) groups excluding carboxylic acids is 1. The average molecular weight is 318 g/mol. The molecule has 2 rings (SSSR count). The van der Waals surface area contributed by atoms with E-state index < -0.39 is 9.84 Å². The molecule has 1 amide bonds. The molecule has 0 bridgehead atoms. The van der Waals surface area contributed by atoms with Crippen LogP contribution in [0.3, 0.4) is 0 Å². The van der Waals surface area contributed by atoms with Crippen LogP contribution in [0.1, 0.15) is 23.2 Å². The summed E-state index contributed by atoms with van der Waals surface area (Å²) in [5.74, 6) is -0.238. The Bertz CT molecular complexity index is 621. The number of amides is 1. The molecule has 1 saturated heterocycles. The van der Waals surface area contributed by atoms with Crippen LogP contribution in [0.15, 0.2) is 23.1 Å². The second-order valence-electron chi connectivity index (χ2n) is 4.94. The number of hydrogen-bond donors (Lipinski definition) is 1. The Kier molecular flexibility index (Phi) is 4.36. The first-order chi connectivity index (χ1) is 9.29. The molecule has 0 radical (unpaired) electrons. The lowest BCUT2D eigenvalue weighted by molar-refractivity contribution is 0.0546. The summed E-state index contributed by atoms with van der Waals surface area (Å²) >= 11 is 5.85. The number of piperidine rings is 1. The van der Waals surface area contributed by atoms with Crippen molar-refractivity contribution in [3.8, 4) is 0 Å². The third-order valence-corrected chi connectivity index (χ3v) is 4.91. The van der Waals surface area contributed by atoms with Gasteiger partial charge in [0.05, 0.1) is 16.0 Å². The second kappa shape index (κ2) is 5.71. The van der Waals surface area contributed by atoms with Crippen molar-refractivity contribution >= 4 is 27.3 Å². The average Bonchev–Trinajstić information content (AvgIpc) is 2.38. The summed E-state index contributed by atoms with van der Waals surface area (Å²) in [7, 11) is -3.47. The molecule has 0 aromatic heterocycles. The van der Waals surface area contributed by atoms with Crippen molar-refractivity contribution in [1.82, 2.24) is 4.90 Å². The summed E-state index contributed by atoms with van der Waals surface area (Å²) in [6, 6.07) is 4.25. The van der Waals surface area contributed by atoms with Crippen LogP contribution in [0, 0.1) is 0 Å². The molecule has 110 valence electrons. The molecule has 7 heteroatoms. The summed E-state index contributed by atoms with van der Waals surface area (Å²) in [5.41, 5.74) is 0.297. The van der Waals surface area contributed by atoms with E-state index in [-0.39, 0.29) is 21.9 Å². The van der Waals surface area contributed by atoms with Crippen LogP contribution in [0.25, 0.3) is 0 Å². The molecule has 5 nitrogen and oxygen atoms in total. The molecule has 1 fully saturated rings. The van der Waals surface area contributed by atoms with Gasteiger partial charge >= 0.3 is 0 Å². The molecule has 0 spiro atoms. The van der Waals surface area contributed by atoms with Gasteiger partial charge in [-0.15, -0.1) is 0 Å². The van der Waals surface area contributed by atoms with Crippen LogP contribution < -0.4 is 0 Å². The molecule has 0 unspecified atom stereocenters. The zero-order chi connectivity index (χ0) is 14.9. The highest BCUT2D eigenvalue weighted by Crippen LogP contribution is 2.24. The fourth-order valence-corrected chi connectivity index (χ4v) is 3.47. The van der Waals surface area contributed by atoms with E-state index in [2.05, 4.69) is 0 Å². The Morgan fingerprint density at radius 3 is 2.50 bits per heavy atom. The highest BCUT2D eigenvalue weighted by Gasteiger charge is 2.23. The smallest absolute Gasteiger partial charge is 0.253 e. The topological polar surface area (TPSA) is 74.7 Å². The number of carbonyl (C=O) groups is 1. The molecule has 1 heterocycles. The van der Waals surface area contributed by atoms with Crippen molar-refractivity contribution < 1.29 is 18.3 Å². The number of rotatable bonds is 2. The SMILES string of the molecule is CS(=O)(=O)c1cc(C(=O)N2CCC(O)CC2)ccc1Cl. The van der Waals surface area contributed by atoms with Gasteiger partial charge in [-0.3, -0.25) is 4.79 Å². The van der Waals surface area contributed by atoms with Gasteiger partial charge in [0.1, 0.15) is 0 Å². The highest BCUT2D eigenvalue weighted by atomic mass is 35.5. The highest BCUT2D eigenvalue weighted by molar-refractivity contribution is 7.90. The van der Waals surface area contributed by atoms with Gasteiger partial charge < -0.3 is 10.0 Å². The molecular weight excluding hydrogens is 302 g/mol. The molecule has 0 atom stereocenters. The van der Waals surface area contributed by atoms with Crippen LogP contribution in [-0.4, -0.2) is 49.8 Å². The molecule has 0 aliphatic carbocycles. The Morgan fingerprint density at radius 1 is 1.35 bits per heavy atom. The van der Waals surface area contributed by atoms with E-state index in [0.717, 1.165) is 6.26 Å². The monoisotopic (exact) mass is 317 g/mol. The standard InChI is InChI=1S/C13H16ClNO4S/c1-20(18,19)12-8-9(2-3-11(12)14)13(17)15-6-4-10(16)5-7-15/h2-3,8,10,16H,4-7H2,1H3. The second-order valence-corrected chi connectivity index (χ2v) is 7.33. The maximum absolute atomic E-state index is 12.3. The van der Waals surface area contributed by atoms with Crippen LogP contribution in [0.2, 0.25) is 5.02 Å². The van der Waals surface area contributed by atoms with Gasteiger partial charge in [0, 0.05) is 24.9 Å². The third kappa shape index (κ3) is 3.31. The van der Waals surface area contributed by atoms with Gasteiger partial charge in [0.25, 0.3) is 5.91 Å². The molecule has 1 N–H and O–H groups in total. The Hall–Kier alpha value is -1.11. The predicted octanol–water partition coefficient (Wildman–Crippen LogP) is 1.34. The lowest BCUT2D eigenvalue weighted by Gasteiger charge is -2.29. The van der Waals surface area contributed by atoms with E-state index in [1.807, 2.05) is 0 Å². The Morgan fingerprint density at radius 2 is 1.95 bits per heavy atom. The van der Waals surface area contributed by atoms with Crippen molar-refractivity contribution in [2.24, 2.45) is 0 Å². The summed E-state index contributed by atoms with van der Waals surface area (Å²) in [5, 5.41) is 9.54. The normalized spacial score (nSPS) is 17.2. The Balaban J connectivity index is 2.27. The molecular formula is C13H16ClNO4S. The number of nitrogens with zero attached hydrogens (tertiary/aromatic N) is 1. The van der Waals surface area contributed by atoms with Crippen molar-refractivity contribution in [2.75, 3.05) is 19.3 Å². The van der Waals surface area contributed by atoms with E-state index in [1.165, 1.54) is 18.2 Å². The van der Waals surface area contributed by atoms with Gasteiger partial charge in [0.15, 0.2) is 9.84 Å². The van der Waals surface area contributed by atoms with E-state index in [0.29, 0.717) is 31.5 Å². The number of likely N-dealkylation sites (tertiary alicyclic amines) is 1. The van der Waals surface area contributed by atoms with E-state index in [4.69, 9.17) is 11.6 Å². The lowest BCUT2D eigenvalue weighted by atomic mass is 10.1. The van der Waals surface area contributed by atoms with E-state index in [9.17, 15) is 18.3 Å². The summed E-state index contributed by atoms with van der Waals surface area (Å²) in [6.07, 6.45) is 1.77. The largest absolute Gasteiger partial charge is 0.393 e. The quantitative estimate of drug-likeness (QED) is 0.893. The number of benzene rings is 1. The summed E-state index contributed by atoms with van der Waals surface area (Å²) in [6.45, 7) is 0.938. The van der Waals surface area contributed by atoms with Gasteiger partial charge in [0.2, 0.25) is 0 Å². The van der Waals surface area contributed by atoms with Gasteiger partial charge in [-0.2, -0.15) is 0 Å². The number of hydrogen-bond acceptors (Lipinski definition) is 4. The van der Waals surface area contributed by atoms with Crippen LogP contribution in [0.5, 0.6) is 0 Å². The fraction of sp³-hybridized carbons (Fsp3) is 0.462. The van der Waals surface area contributed by atoms with Crippen LogP contribution >= 0.6 is 11.6 Å². The number of aliphatic hydroxyl groups is 1. The number of sulfone groups is 1. The predicted molar refractivity (Wildman–Crippen MR) is 75.7 cm³/mol. The Labute approximate surface area is 123 Å². The first-order valence-corrected chi connectivity index (χ1v) is 8.53. The minimum atomic E-state index is -3.47. The van der Waals surface area contributed by atoms with Crippen LogP contribution in [-0.2, 0) is 9.84 Å². The van der Waals surface area contributed by atoms with Crippen LogP contribution in [0.4, 0.5) is 0 Å². The van der Waals surface area contributed by atoms with E-state index in [1.54, 1.807) is 4.90 Å². The molecule has 20 heavy (non-hydrogen) atoms. The minimum absolute atomic E-state index is 0.0398. The van der Waals surface area contributed by atoms with Gasteiger partial charge in [-0.1, -0.05) is 11.6 Å². The molecule has 1 aliphatic heterocycles. The maximum Gasteiger partial charge on any atom is 0.253 e. The third-order valence-electron chi connectivity index (χ3n) is 3.33. The fourth-order valence-electron chi connectivity index (χ4n) is 2.17. The van der Waals surface area contributed by atoms with Crippen molar-refractivity contribution in [3.63, 3.8) is 0 Å². The van der Waals surface area contributed by atoms with Gasteiger partial charge in [-0.05, 0) is 31.0 Å². The number of aliphatic hydroxyl groups excluding tert-OH is 1. The van der Waals surface area contributed by atoms with Crippen molar-refractivity contribution in [2.45, 2.75) is 23.8 Å². The first kappa shape index (κ1) is 15.3. The zero-order valence-electron chi connectivity index (χ0n) is 11.0. The first-order valence-electron chi connectivity index (χ1n) is 6.26. The molecule has 0 saturated carbocycles. The van der Waals surface area contributed by atoms with Gasteiger partial charge in [-0.25, -0.2) is 8.42 Å². The van der Waals surface area contributed by atoms with Crippen molar-refractivity contribution in [1.29, 1.82) is 0 Å². The lowest BCUT2D eigenvalue weighted by Crippen LogP contribution is -2.40. The van der Waals surface area contributed by atoms with E-state index >= 15 is 0 Å². The summed E-state index contributed by atoms with van der Waals surface area (Å²) < 4.78 is 23.2. The zero-order valence-corrected chi connectivity index (χ0v) is 12.6. The molecule has 1 aromatic rings. The molecule has 1 aromatic carbocycles. The molecule has 1 aliphatic rings. The van der Waals surface area contributed by atoms with Crippen molar-refractivity contribution in [3.05, 3.63) is 28.8 Å². The number of halogens is 1.